The van der Waals surface area contributed by atoms with Gasteiger partial charge < -0.3 is 25.1 Å². The first-order valence-corrected chi connectivity index (χ1v) is 14.8. The Labute approximate surface area is 194 Å². The number of nitrogens with zero attached hydrogens (tertiary/aromatic N) is 2. The maximum atomic E-state index is 12.7. The van der Waals surface area contributed by atoms with E-state index in [1.165, 1.54) is 5.56 Å². The molecule has 7 nitrogen and oxygen atoms in total. The van der Waals surface area contributed by atoms with Crippen LogP contribution in [-0.4, -0.2) is 50.2 Å². The van der Waals surface area contributed by atoms with Crippen LogP contribution in [0.15, 0.2) is 6.20 Å². The molecule has 1 fully saturated rings. The van der Waals surface area contributed by atoms with Crippen molar-refractivity contribution in [2.75, 3.05) is 23.7 Å². The van der Waals surface area contributed by atoms with E-state index in [1.807, 2.05) is 20.8 Å². The number of amides is 1. The van der Waals surface area contributed by atoms with Crippen LogP contribution in [0.4, 0.5) is 16.2 Å². The summed E-state index contributed by atoms with van der Waals surface area (Å²) in [5, 5.41) is 3.22. The zero-order chi connectivity index (χ0) is 23.9. The molecule has 0 radical (unpaired) electrons. The number of nitrogens with two attached hydrogens (primary N) is 1. The van der Waals surface area contributed by atoms with Gasteiger partial charge in [-0.2, -0.15) is 0 Å². The molecular weight excluding hydrogens is 420 g/mol. The lowest BCUT2D eigenvalue weighted by Gasteiger charge is -2.46. The van der Waals surface area contributed by atoms with E-state index < -0.39 is 20.0 Å². The van der Waals surface area contributed by atoms with Gasteiger partial charge in [-0.05, 0) is 70.2 Å². The summed E-state index contributed by atoms with van der Waals surface area (Å²) >= 11 is 0. The second-order valence-corrected chi connectivity index (χ2v) is 16.5. The number of hydrogen-bond donors (Lipinski definition) is 2. The molecule has 2 heterocycles. The van der Waals surface area contributed by atoms with Gasteiger partial charge in [0.05, 0.1) is 29.7 Å². The van der Waals surface area contributed by atoms with E-state index in [0.717, 1.165) is 43.6 Å². The van der Waals surface area contributed by atoms with Crippen LogP contribution >= 0.6 is 0 Å². The summed E-state index contributed by atoms with van der Waals surface area (Å²) in [5.41, 5.74) is 10.1. The van der Waals surface area contributed by atoms with Gasteiger partial charge >= 0.3 is 6.09 Å². The van der Waals surface area contributed by atoms with E-state index in [0.29, 0.717) is 12.2 Å². The maximum absolute atomic E-state index is 12.7. The second-order valence-electron chi connectivity index (χ2n) is 11.7. The number of aromatic nitrogens is 1. The Hall–Kier alpha value is -1.80. The molecule has 1 saturated heterocycles. The molecule has 0 bridgehead atoms. The van der Waals surface area contributed by atoms with Gasteiger partial charge in [0.2, 0.25) is 0 Å². The Morgan fingerprint density at radius 1 is 1.22 bits per heavy atom. The maximum Gasteiger partial charge on any atom is 0.408 e. The summed E-state index contributed by atoms with van der Waals surface area (Å²) in [4.78, 5) is 19.6. The zero-order valence-electron chi connectivity index (χ0n) is 21.2. The fraction of sp³-hybridized carbons (Fsp3) is 0.750. The van der Waals surface area contributed by atoms with E-state index in [1.54, 1.807) is 6.20 Å². The Morgan fingerprint density at radius 3 is 2.53 bits per heavy atom. The molecule has 1 aliphatic carbocycles. The lowest BCUT2D eigenvalue weighted by Crippen LogP contribution is -2.60. The minimum Gasteiger partial charge on any atom is -0.444 e. The van der Waals surface area contributed by atoms with Gasteiger partial charge in [0.15, 0.2) is 8.32 Å². The number of hydrogen-bond acceptors (Lipinski definition) is 6. The number of fused-ring (bicyclic) bond motifs is 1. The predicted octanol–water partition coefficient (Wildman–Crippen LogP) is 4.65. The van der Waals surface area contributed by atoms with Gasteiger partial charge in [0.25, 0.3) is 0 Å². The molecule has 3 rings (SSSR count). The minimum absolute atomic E-state index is 0.0595. The molecule has 0 saturated carbocycles. The van der Waals surface area contributed by atoms with Crippen molar-refractivity contribution in [3.05, 3.63) is 17.5 Å². The molecule has 0 spiro atoms. The molecule has 0 aromatic carbocycles. The first-order chi connectivity index (χ1) is 14.7. The number of nitrogen functional groups attached to an aromatic ring is 1. The summed E-state index contributed by atoms with van der Waals surface area (Å²) < 4.78 is 12.4. The van der Waals surface area contributed by atoms with Crippen molar-refractivity contribution < 1.29 is 14.0 Å². The van der Waals surface area contributed by atoms with E-state index in [9.17, 15) is 4.79 Å². The van der Waals surface area contributed by atoms with Gasteiger partial charge in [-0.3, -0.25) is 4.98 Å². The van der Waals surface area contributed by atoms with E-state index in [4.69, 9.17) is 14.9 Å². The molecule has 180 valence electrons. The average molecular weight is 463 g/mol. The first-order valence-electron chi connectivity index (χ1n) is 11.9. The highest BCUT2D eigenvalue weighted by atomic mass is 28.4. The van der Waals surface area contributed by atoms with Crippen molar-refractivity contribution in [3.8, 4) is 0 Å². The predicted molar refractivity (Wildman–Crippen MR) is 133 cm³/mol. The SMILES string of the molecule is CC(C)(C)OC(=O)N[C@@H]1CN(c2c(N)cnc3c2CCC3)CC[C@H]1O[Si](C)(C)C(C)(C)C. The lowest BCUT2D eigenvalue weighted by atomic mass is 10.00. The van der Waals surface area contributed by atoms with Crippen LogP contribution in [0.5, 0.6) is 0 Å². The number of nitrogens with one attached hydrogen (secondary N) is 1. The fourth-order valence-electron chi connectivity index (χ4n) is 4.31. The van der Waals surface area contributed by atoms with Gasteiger partial charge in [0.1, 0.15) is 5.60 Å². The molecule has 1 aromatic rings. The monoisotopic (exact) mass is 462 g/mol. The number of anilines is 2. The molecule has 2 atom stereocenters. The summed E-state index contributed by atoms with van der Waals surface area (Å²) in [6, 6.07) is -0.183. The smallest absolute Gasteiger partial charge is 0.408 e. The van der Waals surface area contributed by atoms with Crippen LogP contribution in [0.3, 0.4) is 0 Å². The van der Waals surface area contributed by atoms with Gasteiger partial charge in [-0.15, -0.1) is 0 Å². The van der Waals surface area contributed by atoms with Crippen molar-refractivity contribution in [2.45, 2.75) is 103 Å². The topological polar surface area (TPSA) is 89.7 Å². The van der Waals surface area contributed by atoms with Crippen molar-refractivity contribution in [3.63, 3.8) is 0 Å². The van der Waals surface area contributed by atoms with Gasteiger partial charge in [0, 0.05) is 18.8 Å². The minimum atomic E-state index is -2.01. The number of pyridine rings is 1. The first kappa shape index (κ1) is 24.8. The number of carbonyl (C=O) groups is 1. The number of rotatable bonds is 4. The standard InChI is InChI=1S/C24H42N4O3Si/c1-23(2,3)30-22(29)27-19-15-28(13-12-20(19)31-32(7,8)24(4,5)6)21-16-10-9-11-18(16)26-14-17(21)25/h14,19-20H,9-13,15,25H2,1-8H3,(H,27,29)/t19-,20-/m1/s1. The van der Waals surface area contributed by atoms with Crippen LogP contribution in [0.1, 0.15) is 65.6 Å². The van der Waals surface area contributed by atoms with E-state index in [-0.39, 0.29) is 17.2 Å². The highest BCUT2D eigenvalue weighted by molar-refractivity contribution is 6.74. The molecule has 2 aliphatic rings. The lowest BCUT2D eigenvalue weighted by molar-refractivity contribution is 0.0414. The average Bonchev–Trinajstić information content (AvgIpc) is 3.09. The zero-order valence-corrected chi connectivity index (χ0v) is 22.2. The van der Waals surface area contributed by atoms with Gasteiger partial charge in [-0.1, -0.05) is 20.8 Å². The number of carbonyl (C=O) groups excluding carboxylic acids is 1. The Morgan fingerprint density at radius 2 is 1.91 bits per heavy atom. The molecule has 32 heavy (non-hydrogen) atoms. The quantitative estimate of drug-likeness (QED) is 0.633. The highest BCUT2D eigenvalue weighted by Crippen LogP contribution is 2.40. The van der Waals surface area contributed by atoms with Crippen LogP contribution in [0, 0.1) is 0 Å². The number of ether oxygens (including phenoxy) is 1. The normalized spacial score (nSPS) is 21.9. The molecule has 8 heteroatoms. The van der Waals surface area contributed by atoms with Crippen molar-refractivity contribution in [1.29, 1.82) is 0 Å². The third kappa shape index (κ3) is 5.57. The largest absolute Gasteiger partial charge is 0.444 e. The fourth-order valence-corrected chi connectivity index (χ4v) is 5.70. The molecule has 1 aromatic heterocycles. The van der Waals surface area contributed by atoms with Crippen LogP contribution in [0.2, 0.25) is 18.1 Å². The number of piperidine rings is 1. The van der Waals surface area contributed by atoms with E-state index >= 15 is 0 Å². The summed E-state index contributed by atoms with van der Waals surface area (Å²) in [6.45, 7) is 18.4. The van der Waals surface area contributed by atoms with Crippen molar-refractivity contribution in [2.24, 2.45) is 0 Å². The Balaban J connectivity index is 1.85. The van der Waals surface area contributed by atoms with Crippen molar-refractivity contribution >= 4 is 25.8 Å². The molecule has 1 amide bonds. The second kappa shape index (κ2) is 8.86. The molecule has 3 N–H and O–H groups in total. The van der Waals surface area contributed by atoms with Gasteiger partial charge in [-0.25, -0.2) is 4.79 Å². The number of aryl methyl sites for hydroxylation is 1. The van der Waals surface area contributed by atoms with Crippen LogP contribution in [0.25, 0.3) is 0 Å². The Bertz CT molecular complexity index is 845. The third-order valence-corrected chi connectivity index (χ3v) is 11.4. The summed E-state index contributed by atoms with van der Waals surface area (Å²) in [6.07, 6.45) is 5.28. The molecule has 1 aliphatic heterocycles. The van der Waals surface area contributed by atoms with E-state index in [2.05, 4.69) is 49.1 Å². The summed E-state index contributed by atoms with van der Waals surface area (Å²) in [5.74, 6) is 0. The molecular formula is C24H42N4O3Si. The summed E-state index contributed by atoms with van der Waals surface area (Å²) in [7, 11) is -2.01. The third-order valence-electron chi connectivity index (χ3n) is 6.93. The Kier molecular flexibility index (Phi) is 6.87. The van der Waals surface area contributed by atoms with Crippen LogP contribution < -0.4 is 16.0 Å². The van der Waals surface area contributed by atoms with Crippen molar-refractivity contribution in [1.82, 2.24) is 10.3 Å². The number of alkyl carbamates (subject to hydrolysis) is 1. The molecule has 0 unspecified atom stereocenters. The highest BCUT2D eigenvalue weighted by Gasteiger charge is 2.43. The van der Waals surface area contributed by atoms with Crippen LogP contribution in [-0.2, 0) is 22.0 Å².